The molecule has 0 saturated heterocycles. The molecule has 0 aliphatic heterocycles. The van der Waals surface area contributed by atoms with E-state index in [4.69, 9.17) is 0 Å². The van der Waals surface area contributed by atoms with E-state index in [-0.39, 0.29) is 5.56 Å². The molecule has 0 radical (unpaired) electrons. The predicted molar refractivity (Wildman–Crippen MR) is 77.9 cm³/mol. The average Bonchev–Trinajstić information content (AvgIpc) is 3.05. The van der Waals surface area contributed by atoms with E-state index in [0.717, 1.165) is 17.8 Å². The monoisotopic (exact) mass is 299 g/mol. The molecule has 6 heteroatoms. The minimum atomic E-state index is -1.05. The lowest BCUT2D eigenvalue weighted by atomic mass is 10.2. The number of nitrogens with zero attached hydrogens (tertiary/aromatic N) is 2. The lowest BCUT2D eigenvalue weighted by Crippen LogP contribution is -2.12. The van der Waals surface area contributed by atoms with Gasteiger partial charge in [-0.1, -0.05) is 0 Å². The number of carbonyl (C=O) groups is 1. The Morgan fingerprint density at radius 2 is 1.82 bits per heavy atom. The van der Waals surface area contributed by atoms with Crippen LogP contribution in [0.15, 0.2) is 60.9 Å². The Hall–Kier alpha value is -3.02. The SMILES string of the molecule is O=C(Nc1ccc(-n2cccn2)cc1)c1ccc(F)c(F)c1. The van der Waals surface area contributed by atoms with Crippen molar-refractivity contribution in [1.82, 2.24) is 9.78 Å². The van der Waals surface area contributed by atoms with Crippen molar-refractivity contribution in [3.63, 3.8) is 0 Å². The van der Waals surface area contributed by atoms with Crippen molar-refractivity contribution in [2.75, 3.05) is 5.32 Å². The topological polar surface area (TPSA) is 46.9 Å². The number of rotatable bonds is 3. The third-order valence-electron chi connectivity index (χ3n) is 3.08. The van der Waals surface area contributed by atoms with Crippen molar-refractivity contribution in [1.29, 1.82) is 0 Å². The van der Waals surface area contributed by atoms with Gasteiger partial charge >= 0.3 is 0 Å². The molecule has 0 saturated carbocycles. The predicted octanol–water partition coefficient (Wildman–Crippen LogP) is 3.40. The molecular formula is C16H11F2N3O. The van der Waals surface area contributed by atoms with Gasteiger partial charge in [0.05, 0.1) is 5.69 Å². The van der Waals surface area contributed by atoms with Gasteiger partial charge < -0.3 is 5.32 Å². The smallest absolute Gasteiger partial charge is 0.255 e. The molecule has 110 valence electrons. The van der Waals surface area contributed by atoms with E-state index in [2.05, 4.69) is 10.4 Å². The van der Waals surface area contributed by atoms with Gasteiger partial charge in [0.2, 0.25) is 0 Å². The zero-order valence-corrected chi connectivity index (χ0v) is 11.3. The molecule has 3 aromatic rings. The molecule has 0 aliphatic carbocycles. The van der Waals surface area contributed by atoms with Crippen LogP contribution in [-0.2, 0) is 0 Å². The Balaban J connectivity index is 1.75. The van der Waals surface area contributed by atoms with Crippen LogP contribution in [0.5, 0.6) is 0 Å². The Morgan fingerprint density at radius 1 is 1.05 bits per heavy atom. The highest BCUT2D eigenvalue weighted by Gasteiger charge is 2.10. The molecule has 4 nitrogen and oxygen atoms in total. The summed E-state index contributed by atoms with van der Waals surface area (Å²) >= 11 is 0. The van der Waals surface area contributed by atoms with E-state index < -0.39 is 17.5 Å². The lowest BCUT2D eigenvalue weighted by Gasteiger charge is -2.07. The first-order valence-electron chi connectivity index (χ1n) is 6.50. The molecule has 1 amide bonds. The number of halogens is 2. The highest BCUT2D eigenvalue weighted by Crippen LogP contribution is 2.15. The van der Waals surface area contributed by atoms with Crippen molar-refractivity contribution >= 4 is 11.6 Å². The lowest BCUT2D eigenvalue weighted by molar-refractivity contribution is 0.102. The van der Waals surface area contributed by atoms with Crippen LogP contribution in [0.25, 0.3) is 5.69 Å². The van der Waals surface area contributed by atoms with Crippen molar-refractivity contribution in [3.8, 4) is 5.69 Å². The van der Waals surface area contributed by atoms with E-state index in [1.54, 1.807) is 47.4 Å². The molecular weight excluding hydrogens is 288 g/mol. The summed E-state index contributed by atoms with van der Waals surface area (Å²) in [7, 11) is 0. The molecule has 1 aromatic heterocycles. The fraction of sp³-hybridized carbons (Fsp3) is 0. The van der Waals surface area contributed by atoms with Crippen LogP contribution in [-0.4, -0.2) is 15.7 Å². The van der Waals surface area contributed by atoms with Gasteiger partial charge in [-0.15, -0.1) is 0 Å². The van der Waals surface area contributed by atoms with Crippen molar-refractivity contribution in [2.24, 2.45) is 0 Å². The van der Waals surface area contributed by atoms with Crippen LogP contribution in [0.2, 0.25) is 0 Å². The van der Waals surface area contributed by atoms with Gasteiger partial charge in [0.25, 0.3) is 5.91 Å². The van der Waals surface area contributed by atoms with Crippen LogP contribution in [0.1, 0.15) is 10.4 Å². The molecule has 0 unspecified atom stereocenters. The van der Waals surface area contributed by atoms with Crippen LogP contribution >= 0.6 is 0 Å². The third kappa shape index (κ3) is 2.85. The number of carbonyl (C=O) groups excluding carboxylic acids is 1. The number of hydrogen-bond acceptors (Lipinski definition) is 2. The van der Waals surface area contributed by atoms with Crippen LogP contribution < -0.4 is 5.32 Å². The molecule has 0 spiro atoms. The first kappa shape index (κ1) is 13.9. The molecule has 3 rings (SSSR count). The summed E-state index contributed by atoms with van der Waals surface area (Å²) in [5, 5.41) is 6.71. The standard InChI is InChI=1S/C16H11F2N3O/c17-14-7-2-11(10-15(14)18)16(22)20-12-3-5-13(6-4-12)21-9-1-8-19-21/h1-10H,(H,20,22). The van der Waals surface area contributed by atoms with Gasteiger partial charge in [-0.05, 0) is 48.5 Å². The summed E-state index contributed by atoms with van der Waals surface area (Å²) in [6.07, 6.45) is 3.47. The van der Waals surface area contributed by atoms with Crippen LogP contribution in [0.3, 0.4) is 0 Å². The molecule has 0 atom stereocenters. The van der Waals surface area contributed by atoms with Gasteiger partial charge in [0, 0.05) is 23.6 Å². The Bertz CT molecular complexity index is 799. The normalized spacial score (nSPS) is 10.5. The number of amides is 1. The van der Waals surface area contributed by atoms with Gasteiger partial charge in [0.1, 0.15) is 0 Å². The maximum atomic E-state index is 13.1. The summed E-state index contributed by atoms with van der Waals surface area (Å²) in [4.78, 5) is 12.0. The Labute approximate surface area is 125 Å². The van der Waals surface area contributed by atoms with Crippen molar-refractivity contribution in [3.05, 3.63) is 78.1 Å². The number of aromatic nitrogens is 2. The number of anilines is 1. The fourth-order valence-electron chi connectivity index (χ4n) is 1.96. The van der Waals surface area contributed by atoms with Gasteiger partial charge in [-0.3, -0.25) is 4.79 Å². The first-order chi connectivity index (χ1) is 10.6. The highest BCUT2D eigenvalue weighted by atomic mass is 19.2. The number of nitrogens with one attached hydrogen (secondary N) is 1. The first-order valence-corrected chi connectivity index (χ1v) is 6.50. The third-order valence-corrected chi connectivity index (χ3v) is 3.08. The molecule has 2 aromatic carbocycles. The maximum absolute atomic E-state index is 13.1. The number of benzene rings is 2. The van der Waals surface area contributed by atoms with E-state index in [1.165, 1.54) is 6.07 Å². The van der Waals surface area contributed by atoms with Crippen LogP contribution in [0.4, 0.5) is 14.5 Å². The second-order valence-corrected chi connectivity index (χ2v) is 4.58. The molecule has 0 fully saturated rings. The second kappa shape index (κ2) is 5.77. The summed E-state index contributed by atoms with van der Waals surface area (Å²) in [6.45, 7) is 0. The quantitative estimate of drug-likeness (QED) is 0.805. The van der Waals surface area contributed by atoms with Crippen LogP contribution in [0, 0.1) is 11.6 Å². The minimum Gasteiger partial charge on any atom is -0.322 e. The largest absolute Gasteiger partial charge is 0.322 e. The molecule has 1 N–H and O–H groups in total. The molecule has 22 heavy (non-hydrogen) atoms. The van der Waals surface area contributed by atoms with E-state index in [9.17, 15) is 13.6 Å². The Morgan fingerprint density at radius 3 is 2.45 bits per heavy atom. The van der Waals surface area contributed by atoms with E-state index >= 15 is 0 Å². The minimum absolute atomic E-state index is 0.0510. The molecule has 0 bridgehead atoms. The van der Waals surface area contributed by atoms with Gasteiger partial charge in [-0.2, -0.15) is 5.10 Å². The second-order valence-electron chi connectivity index (χ2n) is 4.58. The van der Waals surface area contributed by atoms with E-state index in [1.807, 2.05) is 0 Å². The number of hydrogen-bond donors (Lipinski definition) is 1. The summed E-state index contributed by atoms with van der Waals surface area (Å²) in [5.74, 6) is -2.55. The Kier molecular flexibility index (Phi) is 3.65. The zero-order valence-electron chi connectivity index (χ0n) is 11.3. The van der Waals surface area contributed by atoms with Gasteiger partial charge in [0.15, 0.2) is 11.6 Å². The summed E-state index contributed by atoms with van der Waals surface area (Å²) in [5.41, 5.74) is 1.44. The maximum Gasteiger partial charge on any atom is 0.255 e. The van der Waals surface area contributed by atoms with Gasteiger partial charge in [-0.25, -0.2) is 13.5 Å². The fourth-order valence-corrected chi connectivity index (χ4v) is 1.96. The molecule has 0 aliphatic rings. The average molecular weight is 299 g/mol. The van der Waals surface area contributed by atoms with Crippen molar-refractivity contribution < 1.29 is 13.6 Å². The summed E-state index contributed by atoms with van der Waals surface area (Å²) < 4.78 is 27.7. The highest BCUT2D eigenvalue weighted by molar-refractivity contribution is 6.04. The summed E-state index contributed by atoms with van der Waals surface area (Å²) in [6, 6.07) is 11.8. The van der Waals surface area contributed by atoms with Crippen molar-refractivity contribution in [2.45, 2.75) is 0 Å². The zero-order chi connectivity index (χ0) is 15.5. The van der Waals surface area contributed by atoms with E-state index in [0.29, 0.717) is 5.69 Å². The molecule has 1 heterocycles.